The molecule has 2 aromatic rings. The van der Waals surface area contributed by atoms with Crippen molar-refractivity contribution >= 4 is 17.3 Å². The Balaban J connectivity index is 2.22. The smallest absolute Gasteiger partial charge is 0.130 e. The molecule has 0 bridgehead atoms. The topological polar surface area (TPSA) is 38.0 Å². The van der Waals surface area contributed by atoms with Gasteiger partial charge in [-0.05, 0) is 36.4 Å². The second-order valence-electron chi connectivity index (χ2n) is 4.11. The zero-order valence-corrected chi connectivity index (χ0v) is 10.8. The van der Waals surface area contributed by atoms with E-state index in [9.17, 15) is 8.78 Å². The van der Waals surface area contributed by atoms with E-state index in [-0.39, 0.29) is 12.4 Å². The van der Waals surface area contributed by atoms with Crippen LogP contribution in [0.25, 0.3) is 0 Å². The fourth-order valence-electron chi connectivity index (χ4n) is 1.80. The number of hydrogen-bond acceptors (Lipinski definition) is 2. The first-order valence-electron chi connectivity index (χ1n) is 5.77. The second-order valence-corrected chi connectivity index (χ2v) is 4.54. The first kappa shape index (κ1) is 13.8. The molecule has 0 saturated carbocycles. The summed E-state index contributed by atoms with van der Waals surface area (Å²) in [6.45, 7) is 0.204. The Morgan fingerprint density at radius 1 is 1.11 bits per heavy atom. The summed E-state index contributed by atoms with van der Waals surface area (Å²) >= 11 is 5.71. The van der Waals surface area contributed by atoms with Crippen molar-refractivity contribution in [1.82, 2.24) is 0 Å². The summed E-state index contributed by atoms with van der Waals surface area (Å²) in [5, 5.41) is 3.39. The molecular weight excluding hydrogens is 270 g/mol. The molecule has 2 aromatic carbocycles. The van der Waals surface area contributed by atoms with E-state index in [2.05, 4.69) is 5.32 Å². The van der Waals surface area contributed by atoms with Gasteiger partial charge in [-0.3, -0.25) is 0 Å². The zero-order chi connectivity index (χ0) is 13.8. The Bertz CT molecular complexity index is 558. The van der Waals surface area contributed by atoms with Gasteiger partial charge in [-0.2, -0.15) is 0 Å². The fraction of sp³-hybridized carbons (Fsp3) is 0.143. The molecule has 1 unspecified atom stereocenters. The molecule has 2 nitrogen and oxygen atoms in total. The molecule has 1 atom stereocenters. The quantitative estimate of drug-likeness (QED) is 0.897. The Labute approximate surface area is 115 Å². The summed E-state index contributed by atoms with van der Waals surface area (Å²) < 4.78 is 26.6. The van der Waals surface area contributed by atoms with Crippen molar-refractivity contribution in [3.05, 3.63) is 64.7 Å². The number of benzene rings is 2. The highest BCUT2D eigenvalue weighted by Crippen LogP contribution is 2.23. The minimum absolute atomic E-state index is 0.204. The van der Waals surface area contributed by atoms with Crippen molar-refractivity contribution in [2.75, 3.05) is 11.9 Å². The molecule has 0 spiro atoms. The molecule has 0 aliphatic carbocycles. The van der Waals surface area contributed by atoms with Crippen LogP contribution in [0.3, 0.4) is 0 Å². The molecular formula is C14H13ClF2N2. The minimum atomic E-state index is -0.419. The monoisotopic (exact) mass is 282 g/mol. The summed E-state index contributed by atoms with van der Waals surface area (Å²) in [6.07, 6.45) is 0. The lowest BCUT2D eigenvalue weighted by molar-refractivity contribution is 0.593. The van der Waals surface area contributed by atoms with Crippen LogP contribution in [0.15, 0.2) is 42.5 Å². The number of nitrogens with one attached hydrogen (secondary N) is 1. The molecule has 5 heteroatoms. The standard InChI is InChI=1S/C14H13ClF2N2/c15-9-1-6-12(13(17)7-9)14(8-18)19-11-4-2-10(16)3-5-11/h1-7,14,19H,8,18H2. The van der Waals surface area contributed by atoms with Crippen molar-refractivity contribution in [3.63, 3.8) is 0 Å². The van der Waals surface area contributed by atoms with Gasteiger partial charge in [-0.25, -0.2) is 8.78 Å². The molecule has 0 aromatic heterocycles. The van der Waals surface area contributed by atoms with Crippen LogP contribution in [-0.4, -0.2) is 6.54 Å². The van der Waals surface area contributed by atoms with E-state index in [0.29, 0.717) is 16.3 Å². The van der Waals surface area contributed by atoms with Gasteiger partial charge in [-0.15, -0.1) is 0 Å². The molecule has 0 saturated heterocycles. The molecule has 2 rings (SSSR count). The van der Waals surface area contributed by atoms with Crippen molar-refractivity contribution in [2.45, 2.75) is 6.04 Å². The van der Waals surface area contributed by atoms with E-state index >= 15 is 0 Å². The van der Waals surface area contributed by atoms with E-state index in [1.165, 1.54) is 18.2 Å². The third kappa shape index (κ3) is 3.43. The number of halogens is 3. The van der Waals surface area contributed by atoms with Crippen molar-refractivity contribution < 1.29 is 8.78 Å². The van der Waals surface area contributed by atoms with Gasteiger partial charge in [0.15, 0.2) is 0 Å². The van der Waals surface area contributed by atoms with Gasteiger partial charge in [-0.1, -0.05) is 17.7 Å². The van der Waals surface area contributed by atoms with Crippen LogP contribution in [0.4, 0.5) is 14.5 Å². The van der Waals surface area contributed by atoms with E-state index in [4.69, 9.17) is 17.3 Å². The molecule has 0 fully saturated rings. The van der Waals surface area contributed by atoms with E-state index < -0.39 is 11.9 Å². The van der Waals surface area contributed by atoms with Crippen LogP contribution in [-0.2, 0) is 0 Å². The number of hydrogen-bond donors (Lipinski definition) is 2. The lowest BCUT2D eigenvalue weighted by atomic mass is 10.1. The van der Waals surface area contributed by atoms with Crippen LogP contribution in [0.5, 0.6) is 0 Å². The zero-order valence-electron chi connectivity index (χ0n) is 10.0. The summed E-state index contributed by atoms with van der Waals surface area (Å²) in [6, 6.07) is 9.84. The summed E-state index contributed by atoms with van der Waals surface area (Å²) in [5.41, 5.74) is 6.75. The molecule has 0 aliphatic rings. The first-order valence-corrected chi connectivity index (χ1v) is 6.15. The summed E-state index contributed by atoms with van der Waals surface area (Å²) in [7, 11) is 0. The molecule has 0 heterocycles. The van der Waals surface area contributed by atoms with Gasteiger partial charge in [0.2, 0.25) is 0 Å². The van der Waals surface area contributed by atoms with E-state index in [1.54, 1.807) is 24.3 Å². The number of rotatable bonds is 4. The maximum absolute atomic E-state index is 13.8. The lowest BCUT2D eigenvalue weighted by Gasteiger charge is -2.19. The number of nitrogens with two attached hydrogens (primary N) is 1. The average molecular weight is 283 g/mol. The highest BCUT2D eigenvalue weighted by molar-refractivity contribution is 6.30. The van der Waals surface area contributed by atoms with Gasteiger partial charge in [0.25, 0.3) is 0 Å². The average Bonchev–Trinajstić information content (AvgIpc) is 2.39. The third-order valence-electron chi connectivity index (χ3n) is 2.76. The van der Waals surface area contributed by atoms with E-state index in [1.807, 2.05) is 0 Å². The second kappa shape index (κ2) is 5.99. The molecule has 3 N–H and O–H groups in total. The van der Waals surface area contributed by atoms with Gasteiger partial charge in [0.05, 0.1) is 6.04 Å². The molecule has 19 heavy (non-hydrogen) atoms. The predicted octanol–water partition coefficient (Wildman–Crippen LogP) is 3.73. The van der Waals surface area contributed by atoms with Crippen LogP contribution >= 0.6 is 11.6 Å². The van der Waals surface area contributed by atoms with Gasteiger partial charge in [0, 0.05) is 22.8 Å². The van der Waals surface area contributed by atoms with Crippen molar-refractivity contribution in [3.8, 4) is 0 Å². The van der Waals surface area contributed by atoms with Crippen LogP contribution in [0.2, 0.25) is 5.02 Å². The Morgan fingerprint density at radius 3 is 2.37 bits per heavy atom. The fourth-order valence-corrected chi connectivity index (χ4v) is 1.95. The van der Waals surface area contributed by atoms with Crippen molar-refractivity contribution in [2.24, 2.45) is 5.73 Å². The molecule has 0 amide bonds. The summed E-state index contributed by atoms with van der Waals surface area (Å²) in [5.74, 6) is -0.745. The number of anilines is 1. The Kier molecular flexibility index (Phi) is 4.35. The SMILES string of the molecule is NCC(Nc1ccc(F)cc1)c1ccc(Cl)cc1F. The predicted molar refractivity (Wildman–Crippen MR) is 73.2 cm³/mol. The van der Waals surface area contributed by atoms with Gasteiger partial charge >= 0.3 is 0 Å². The van der Waals surface area contributed by atoms with Gasteiger partial charge in [0.1, 0.15) is 11.6 Å². The lowest BCUT2D eigenvalue weighted by Crippen LogP contribution is -2.21. The Morgan fingerprint density at radius 2 is 1.79 bits per heavy atom. The highest BCUT2D eigenvalue weighted by atomic mass is 35.5. The highest BCUT2D eigenvalue weighted by Gasteiger charge is 2.14. The molecule has 100 valence electrons. The Hall–Kier alpha value is -1.65. The maximum Gasteiger partial charge on any atom is 0.130 e. The summed E-state index contributed by atoms with van der Waals surface area (Å²) in [4.78, 5) is 0. The van der Waals surface area contributed by atoms with Crippen LogP contribution < -0.4 is 11.1 Å². The maximum atomic E-state index is 13.8. The van der Waals surface area contributed by atoms with Crippen LogP contribution in [0.1, 0.15) is 11.6 Å². The molecule has 0 radical (unpaired) electrons. The minimum Gasteiger partial charge on any atom is -0.377 e. The normalized spacial score (nSPS) is 12.2. The third-order valence-corrected chi connectivity index (χ3v) is 2.99. The molecule has 0 aliphatic heterocycles. The van der Waals surface area contributed by atoms with E-state index in [0.717, 1.165) is 0 Å². The van der Waals surface area contributed by atoms with Gasteiger partial charge < -0.3 is 11.1 Å². The van der Waals surface area contributed by atoms with Crippen molar-refractivity contribution in [1.29, 1.82) is 0 Å². The first-order chi connectivity index (χ1) is 9.10. The largest absolute Gasteiger partial charge is 0.377 e. The van der Waals surface area contributed by atoms with Crippen LogP contribution in [0, 0.1) is 11.6 Å².